The van der Waals surface area contributed by atoms with Gasteiger partial charge in [0.1, 0.15) is 5.76 Å². The highest BCUT2D eigenvalue weighted by Crippen LogP contribution is 2.27. The first-order valence-electron chi connectivity index (χ1n) is 8.89. The first kappa shape index (κ1) is 17.9. The Labute approximate surface area is 152 Å². The van der Waals surface area contributed by atoms with E-state index in [-0.39, 0.29) is 11.8 Å². The van der Waals surface area contributed by atoms with Gasteiger partial charge in [0, 0.05) is 49.2 Å². The molecule has 0 N–H and O–H groups in total. The smallest absolute Gasteiger partial charge is 0.223 e. The summed E-state index contributed by atoms with van der Waals surface area (Å²) in [6, 6.07) is 0. The third-order valence-electron chi connectivity index (χ3n) is 4.85. The predicted molar refractivity (Wildman–Crippen MR) is 99.3 cm³/mol. The maximum atomic E-state index is 12.7. The molecule has 6 nitrogen and oxygen atoms in total. The van der Waals surface area contributed by atoms with Crippen molar-refractivity contribution in [2.45, 2.75) is 46.5 Å². The minimum atomic E-state index is 0.128. The SMILES string of the molecule is CCc1cnc(N2CCN(C(=O)CC(C)c3c(C)noc3C)CC2)s1. The van der Waals surface area contributed by atoms with Crippen LogP contribution in [0.2, 0.25) is 0 Å². The number of piperazine rings is 1. The summed E-state index contributed by atoms with van der Waals surface area (Å²) in [4.78, 5) is 22.7. The lowest BCUT2D eigenvalue weighted by atomic mass is 9.95. The molecule has 0 saturated carbocycles. The van der Waals surface area contributed by atoms with E-state index >= 15 is 0 Å². The van der Waals surface area contributed by atoms with Gasteiger partial charge in [-0.05, 0) is 26.2 Å². The molecule has 0 spiro atoms. The van der Waals surface area contributed by atoms with Crippen molar-refractivity contribution in [2.24, 2.45) is 0 Å². The first-order chi connectivity index (χ1) is 12.0. The van der Waals surface area contributed by atoms with Crippen LogP contribution < -0.4 is 4.90 Å². The minimum Gasteiger partial charge on any atom is -0.361 e. The molecule has 1 amide bonds. The van der Waals surface area contributed by atoms with Crippen molar-refractivity contribution in [2.75, 3.05) is 31.1 Å². The number of anilines is 1. The quantitative estimate of drug-likeness (QED) is 0.818. The number of rotatable bonds is 5. The van der Waals surface area contributed by atoms with E-state index in [0.29, 0.717) is 6.42 Å². The number of amides is 1. The number of nitrogens with zero attached hydrogens (tertiary/aromatic N) is 4. The molecule has 1 unspecified atom stereocenters. The van der Waals surface area contributed by atoms with Gasteiger partial charge in [-0.1, -0.05) is 19.0 Å². The van der Waals surface area contributed by atoms with Crippen molar-refractivity contribution in [3.8, 4) is 0 Å². The molecule has 3 rings (SSSR count). The molecule has 1 fully saturated rings. The van der Waals surface area contributed by atoms with E-state index in [1.165, 1.54) is 4.88 Å². The maximum Gasteiger partial charge on any atom is 0.223 e. The lowest BCUT2D eigenvalue weighted by Crippen LogP contribution is -2.49. The highest BCUT2D eigenvalue weighted by molar-refractivity contribution is 7.15. The fourth-order valence-corrected chi connectivity index (χ4v) is 4.34. The summed E-state index contributed by atoms with van der Waals surface area (Å²) in [6.07, 6.45) is 3.48. The van der Waals surface area contributed by atoms with Gasteiger partial charge in [0.05, 0.1) is 5.69 Å². The molecular formula is C18H26N4O2S. The largest absolute Gasteiger partial charge is 0.361 e. The Morgan fingerprint density at radius 2 is 2.04 bits per heavy atom. The number of carbonyl (C=O) groups excluding carboxylic acids is 1. The van der Waals surface area contributed by atoms with Crippen molar-refractivity contribution in [1.29, 1.82) is 0 Å². The van der Waals surface area contributed by atoms with E-state index < -0.39 is 0 Å². The van der Waals surface area contributed by atoms with Crippen LogP contribution in [-0.2, 0) is 11.2 Å². The summed E-state index contributed by atoms with van der Waals surface area (Å²) >= 11 is 1.76. The molecule has 136 valence electrons. The van der Waals surface area contributed by atoms with E-state index in [1.807, 2.05) is 24.9 Å². The van der Waals surface area contributed by atoms with Crippen molar-refractivity contribution in [3.05, 3.63) is 28.1 Å². The Balaban J connectivity index is 1.54. The third-order valence-corrected chi connectivity index (χ3v) is 6.06. The Hall–Kier alpha value is -1.89. The zero-order chi connectivity index (χ0) is 18.0. The number of aromatic nitrogens is 2. The van der Waals surface area contributed by atoms with Gasteiger partial charge < -0.3 is 14.3 Å². The molecule has 0 bridgehead atoms. The number of hydrogen-bond donors (Lipinski definition) is 0. The molecule has 2 aromatic heterocycles. The van der Waals surface area contributed by atoms with Gasteiger partial charge in [-0.3, -0.25) is 4.79 Å². The number of aryl methyl sites for hydroxylation is 3. The molecule has 1 aliphatic heterocycles. The van der Waals surface area contributed by atoms with Gasteiger partial charge in [-0.25, -0.2) is 4.98 Å². The Morgan fingerprint density at radius 1 is 1.32 bits per heavy atom. The molecule has 2 aromatic rings. The second-order valence-electron chi connectivity index (χ2n) is 6.67. The highest BCUT2D eigenvalue weighted by atomic mass is 32.1. The van der Waals surface area contributed by atoms with Crippen LogP contribution in [0.15, 0.2) is 10.7 Å². The van der Waals surface area contributed by atoms with Crippen molar-refractivity contribution < 1.29 is 9.32 Å². The number of carbonyl (C=O) groups is 1. The number of thiazole rings is 1. The lowest BCUT2D eigenvalue weighted by Gasteiger charge is -2.35. The minimum absolute atomic E-state index is 0.128. The third kappa shape index (κ3) is 3.86. The van der Waals surface area contributed by atoms with Crippen molar-refractivity contribution >= 4 is 22.4 Å². The van der Waals surface area contributed by atoms with Crippen molar-refractivity contribution in [1.82, 2.24) is 15.0 Å². The predicted octanol–water partition coefficient (Wildman–Crippen LogP) is 3.15. The topological polar surface area (TPSA) is 62.5 Å². The average Bonchev–Trinajstić information content (AvgIpc) is 3.21. The Bertz CT molecular complexity index is 712. The molecule has 25 heavy (non-hydrogen) atoms. The van der Waals surface area contributed by atoms with Gasteiger partial charge in [0.2, 0.25) is 5.91 Å². The van der Waals surface area contributed by atoms with Crippen LogP contribution in [0.5, 0.6) is 0 Å². The van der Waals surface area contributed by atoms with E-state index in [1.54, 1.807) is 11.3 Å². The molecule has 7 heteroatoms. The van der Waals surface area contributed by atoms with Crippen LogP contribution in [0.1, 0.15) is 48.1 Å². The normalized spacial score (nSPS) is 16.3. The summed E-state index contributed by atoms with van der Waals surface area (Å²) in [7, 11) is 0. The summed E-state index contributed by atoms with van der Waals surface area (Å²) in [5.41, 5.74) is 1.96. The molecule has 0 aromatic carbocycles. The van der Waals surface area contributed by atoms with Crippen LogP contribution in [0, 0.1) is 13.8 Å². The number of hydrogen-bond acceptors (Lipinski definition) is 6. The van der Waals surface area contributed by atoms with Gasteiger partial charge in [0.15, 0.2) is 5.13 Å². The van der Waals surface area contributed by atoms with Crippen molar-refractivity contribution in [3.63, 3.8) is 0 Å². The van der Waals surface area contributed by atoms with Crippen LogP contribution >= 0.6 is 11.3 Å². The molecule has 1 aliphatic rings. The van der Waals surface area contributed by atoms with E-state index in [9.17, 15) is 4.79 Å². The van der Waals surface area contributed by atoms with E-state index in [4.69, 9.17) is 4.52 Å². The molecule has 0 aliphatic carbocycles. The average molecular weight is 362 g/mol. The second kappa shape index (κ2) is 7.56. The molecule has 0 radical (unpaired) electrons. The molecule has 3 heterocycles. The van der Waals surface area contributed by atoms with E-state index in [0.717, 1.165) is 54.7 Å². The van der Waals surface area contributed by atoms with Gasteiger partial charge in [-0.2, -0.15) is 0 Å². The van der Waals surface area contributed by atoms with Gasteiger partial charge in [0.25, 0.3) is 0 Å². The summed E-state index contributed by atoms with van der Waals surface area (Å²) in [5, 5.41) is 5.07. The van der Waals surface area contributed by atoms with Gasteiger partial charge >= 0.3 is 0 Å². The summed E-state index contributed by atoms with van der Waals surface area (Å²) in [5.74, 6) is 1.15. The van der Waals surface area contributed by atoms with Crippen LogP contribution in [0.25, 0.3) is 0 Å². The summed E-state index contributed by atoms with van der Waals surface area (Å²) in [6.45, 7) is 11.3. The van der Waals surface area contributed by atoms with Crippen LogP contribution in [-0.4, -0.2) is 47.1 Å². The summed E-state index contributed by atoms with van der Waals surface area (Å²) < 4.78 is 5.23. The van der Waals surface area contributed by atoms with Crippen LogP contribution in [0.4, 0.5) is 5.13 Å². The fraction of sp³-hybridized carbons (Fsp3) is 0.611. The molecular weight excluding hydrogens is 336 g/mol. The second-order valence-corrected chi connectivity index (χ2v) is 7.77. The van der Waals surface area contributed by atoms with Gasteiger partial charge in [-0.15, -0.1) is 11.3 Å². The molecule has 1 saturated heterocycles. The standard InChI is InChI=1S/C18H26N4O2S/c1-5-15-11-19-18(25-15)22-8-6-21(7-9-22)16(23)10-12(2)17-13(3)20-24-14(17)4/h11-12H,5-10H2,1-4H3. The Morgan fingerprint density at radius 3 is 2.60 bits per heavy atom. The Kier molecular flexibility index (Phi) is 5.42. The monoisotopic (exact) mass is 362 g/mol. The van der Waals surface area contributed by atoms with E-state index in [2.05, 4.69) is 28.9 Å². The maximum absolute atomic E-state index is 12.7. The zero-order valence-corrected chi connectivity index (χ0v) is 16.2. The van der Waals surface area contributed by atoms with Crippen LogP contribution in [0.3, 0.4) is 0 Å². The fourth-order valence-electron chi connectivity index (χ4n) is 3.44. The lowest BCUT2D eigenvalue weighted by molar-refractivity contribution is -0.131. The molecule has 1 atom stereocenters. The first-order valence-corrected chi connectivity index (χ1v) is 9.71. The zero-order valence-electron chi connectivity index (χ0n) is 15.4. The highest BCUT2D eigenvalue weighted by Gasteiger charge is 2.26.